The van der Waals surface area contributed by atoms with Crippen LogP contribution in [0.25, 0.3) is 11.1 Å². The molecule has 2 nitrogen and oxygen atoms in total. The zero-order valence-electron chi connectivity index (χ0n) is 9.70. The lowest BCUT2D eigenvalue weighted by atomic mass is 9.89. The van der Waals surface area contributed by atoms with Crippen molar-refractivity contribution in [1.82, 2.24) is 4.98 Å². The summed E-state index contributed by atoms with van der Waals surface area (Å²) in [7, 11) is 0. The molecule has 1 aromatic heterocycles. The Morgan fingerprint density at radius 1 is 1.00 bits per heavy atom. The van der Waals surface area contributed by atoms with Crippen LogP contribution in [0.5, 0.6) is 0 Å². The third-order valence-electron chi connectivity index (χ3n) is 3.43. The summed E-state index contributed by atoms with van der Waals surface area (Å²) in [4.78, 5) is 14.7. The first-order valence-electron chi connectivity index (χ1n) is 6.15. The van der Waals surface area contributed by atoms with Crippen LogP contribution >= 0.6 is 0 Å². The van der Waals surface area contributed by atoms with E-state index in [2.05, 4.69) is 17.1 Å². The summed E-state index contributed by atoms with van der Waals surface area (Å²) in [5, 5.41) is 0. The number of nitrogens with one attached hydrogen (secondary N) is 1. The highest BCUT2D eigenvalue weighted by Crippen LogP contribution is 2.28. The molecule has 2 aromatic rings. The quantitative estimate of drug-likeness (QED) is 0.795. The van der Waals surface area contributed by atoms with Gasteiger partial charge in [-0.15, -0.1) is 0 Å². The molecule has 0 radical (unpaired) electrons. The minimum absolute atomic E-state index is 0.0181. The Kier molecular flexibility index (Phi) is 2.56. The standard InChI is InChI=1S/C15H15NO/c17-15-10-13(11-6-2-1-3-7-11)12-8-4-5-9-14(12)16-15/h1-3,6-7,10H,4-5,8-9H2,(H,16,17). The maximum Gasteiger partial charge on any atom is 0.248 e. The zero-order valence-corrected chi connectivity index (χ0v) is 9.70. The van der Waals surface area contributed by atoms with Crippen LogP contribution in [0.4, 0.5) is 0 Å². The Balaban J connectivity index is 2.22. The summed E-state index contributed by atoms with van der Waals surface area (Å²) < 4.78 is 0. The van der Waals surface area contributed by atoms with Gasteiger partial charge in [-0.2, -0.15) is 0 Å². The monoisotopic (exact) mass is 225 g/mol. The van der Waals surface area contributed by atoms with E-state index in [9.17, 15) is 4.79 Å². The van der Waals surface area contributed by atoms with Gasteiger partial charge in [0.2, 0.25) is 5.56 Å². The van der Waals surface area contributed by atoms with Gasteiger partial charge < -0.3 is 4.98 Å². The zero-order chi connectivity index (χ0) is 11.7. The summed E-state index contributed by atoms with van der Waals surface area (Å²) in [5.74, 6) is 0. The summed E-state index contributed by atoms with van der Waals surface area (Å²) in [6, 6.07) is 11.9. The molecule has 0 unspecified atom stereocenters. The van der Waals surface area contributed by atoms with Crippen molar-refractivity contribution < 1.29 is 0 Å². The fourth-order valence-electron chi connectivity index (χ4n) is 2.62. The second-order valence-electron chi connectivity index (χ2n) is 4.58. The molecule has 0 saturated carbocycles. The number of pyridine rings is 1. The van der Waals surface area contributed by atoms with Crippen LogP contribution in [0.15, 0.2) is 41.2 Å². The van der Waals surface area contributed by atoms with Crippen LogP contribution in [-0.2, 0) is 12.8 Å². The summed E-state index contributed by atoms with van der Waals surface area (Å²) in [5.41, 5.74) is 4.76. The number of hydrogen-bond donors (Lipinski definition) is 1. The first-order valence-corrected chi connectivity index (χ1v) is 6.15. The molecule has 0 fully saturated rings. The number of benzene rings is 1. The van der Waals surface area contributed by atoms with Crippen molar-refractivity contribution >= 4 is 0 Å². The molecule has 1 heterocycles. The largest absolute Gasteiger partial charge is 0.326 e. The number of H-pyrrole nitrogens is 1. The van der Waals surface area contributed by atoms with Gasteiger partial charge in [0.15, 0.2) is 0 Å². The van der Waals surface area contributed by atoms with Gasteiger partial charge in [-0.1, -0.05) is 30.3 Å². The van der Waals surface area contributed by atoms with E-state index >= 15 is 0 Å². The first-order chi connectivity index (χ1) is 8.34. The predicted molar refractivity (Wildman–Crippen MR) is 69.1 cm³/mol. The molecule has 0 atom stereocenters. The van der Waals surface area contributed by atoms with Gasteiger partial charge >= 0.3 is 0 Å². The molecule has 1 aliphatic carbocycles. The third kappa shape index (κ3) is 1.91. The molecule has 2 heteroatoms. The lowest BCUT2D eigenvalue weighted by Gasteiger charge is -2.18. The normalized spacial score (nSPS) is 14.4. The Labute approximate surface area is 100 Å². The second kappa shape index (κ2) is 4.21. The van der Waals surface area contributed by atoms with Gasteiger partial charge in [0.1, 0.15) is 0 Å². The van der Waals surface area contributed by atoms with Gasteiger partial charge in [0.05, 0.1) is 0 Å². The number of hydrogen-bond acceptors (Lipinski definition) is 1. The fourth-order valence-corrected chi connectivity index (χ4v) is 2.62. The van der Waals surface area contributed by atoms with Crippen molar-refractivity contribution in [3.8, 4) is 11.1 Å². The molecule has 0 bridgehead atoms. The van der Waals surface area contributed by atoms with E-state index in [1.54, 1.807) is 6.07 Å². The van der Waals surface area contributed by atoms with E-state index in [4.69, 9.17) is 0 Å². The Morgan fingerprint density at radius 3 is 2.59 bits per heavy atom. The molecular formula is C15H15NO. The van der Waals surface area contributed by atoms with Gasteiger partial charge in [-0.25, -0.2) is 0 Å². The first kappa shape index (κ1) is 10.3. The van der Waals surface area contributed by atoms with Crippen molar-refractivity contribution in [2.24, 2.45) is 0 Å². The minimum atomic E-state index is 0.0181. The van der Waals surface area contributed by atoms with Crippen molar-refractivity contribution in [2.75, 3.05) is 0 Å². The number of aromatic nitrogens is 1. The van der Waals surface area contributed by atoms with E-state index < -0.39 is 0 Å². The fraction of sp³-hybridized carbons (Fsp3) is 0.267. The molecular weight excluding hydrogens is 210 g/mol. The van der Waals surface area contributed by atoms with E-state index in [0.29, 0.717) is 0 Å². The highest BCUT2D eigenvalue weighted by atomic mass is 16.1. The number of rotatable bonds is 1. The Morgan fingerprint density at radius 2 is 1.76 bits per heavy atom. The topological polar surface area (TPSA) is 32.9 Å². The molecule has 0 saturated heterocycles. The van der Waals surface area contributed by atoms with Gasteiger partial charge in [-0.05, 0) is 42.4 Å². The average molecular weight is 225 g/mol. The van der Waals surface area contributed by atoms with E-state index in [1.807, 2.05) is 18.2 Å². The summed E-state index contributed by atoms with van der Waals surface area (Å²) >= 11 is 0. The van der Waals surface area contributed by atoms with Crippen molar-refractivity contribution in [1.29, 1.82) is 0 Å². The molecule has 0 aliphatic heterocycles. The van der Waals surface area contributed by atoms with Gasteiger partial charge in [0.25, 0.3) is 0 Å². The summed E-state index contributed by atoms with van der Waals surface area (Å²) in [6.45, 7) is 0. The lowest BCUT2D eigenvalue weighted by molar-refractivity contribution is 0.666. The maximum atomic E-state index is 11.7. The molecule has 1 N–H and O–H groups in total. The molecule has 1 aromatic carbocycles. The van der Waals surface area contributed by atoms with Gasteiger partial charge in [-0.3, -0.25) is 4.79 Å². The van der Waals surface area contributed by atoms with Gasteiger partial charge in [0, 0.05) is 11.8 Å². The summed E-state index contributed by atoms with van der Waals surface area (Å²) in [6.07, 6.45) is 4.49. The van der Waals surface area contributed by atoms with E-state index in [-0.39, 0.29) is 5.56 Å². The van der Waals surface area contributed by atoms with Crippen LogP contribution in [0.2, 0.25) is 0 Å². The molecule has 17 heavy (non-hydrogen) atoms. The SMILES string of the molecule is O=c1cc(-c2ccccc2)c2c([nH]1)CCCC2. The van der Waals surface area contributed by atoms with Crippen LogP contribution in [-0.4, -0.2) is 4.98 Å². The van der Waals surface area contributed by atoms with Crippen LogP contribution in [0.1, 0.15) is 24.1 Å². The van der Waals surface area contributed by atoms with Crippen molar-refractivity contribution in [2.45, 2.75) is 25.7 Å². The number of aromatic amines is 1. The smallest absolute Gasteiger partial charge is 0.248 e. The highest BCUT2D eigenvalue weighted by Gasteiger charge is 2.15. The average Bonchev–Trinajstić information content (AvgIpc) is 2.39. The lowest BCUT2D eigenvalue weighted by Crippen LogP contribution is -2.15. The molecule has 1 aliphatic rings. The van der Waals surface area contributed by atoms with Crippen LogP contribution in [0, 0.1) is 0 Å². The van der Waals surface area contributed by atoms with Crippen LogP contribution in [0.3, 0.4) is 0 Å². The van der Waals surface area contributed by atoms with E-state index in [0.717, 1.165) is 29.7 Å². The maximum absolute atomic E-state index is 11.7. The van der Waals surface area contributed by atoms with E-state index in [1.165, 1.54) is 18.4 Å². The number of aryl methyl sites for hydroxylation is 1. The third-order valence-corrected chi connectivity index (χ3v) is 3.43. The van der Waals surface area contributed by atoms with Crippen molar-refractivity contribution in [3.63, 3.8) is 0 Å². The second-order valence-corrected chi connectivity index (χ2v) is 4.58. The number of fused-ring (bicyclic) bond motifs is 1. The molecule has 0 spiro atoms. The Bertz CT molecular complexity index is 584. The molecule has 0 amide bonds. The molecule has 3 rings (SSSR count). The van der Waals surface area contributed by atoms with Crippen LogP contribution < -0.4 is 5.56 Å². The Hall–Kier alpha value is -1.83. The predicted octanol–water partition coefficient (Wildman–Crippen LogP) is 2.92. The molecule has 86 valence electrons. The van der Waals surface area contributed by atoms with Crippen molar-refractivity contribution in [3.05, 3.63) is 58.0 Å². The minimum Gasteiger partial charge on any atom is -0.326 e. The highest BCUT2D eigenvalue weighted by molar-refractivity contribution is 5.68.